The first-order valence-corrected chi connectivity index (χ1v) is 8.50. The topological polar surface area (TPSA) is 67.4 Å². The Morgan fingerprint density at radius 2 is 1.67 bits per heavy atom. The van der Waals surface area contributed by atoms with Crippen molar-refractivity contribution in [1.82, 2.24) is 10.9 Å². The molecule has 0 fully saturated rings. The predicted molar refractivity (Wildman–Crippen MR) is 100 cm³/mol. The highest BCUT2D eigenvalue weighted by Crippen LogP contribution is 2.18. The number of hydrazine groups is 1. The minimum Gasteiger partial charge on any atom is -0.481 e. The van der Waals surface area contributed by atoms with Gasteiger partial charge in [0, 0.05) is 0 Å². The molecule has 0 radical (unpaired) electrons. The second kappa shape index (κ2) is 8.31. The van der Waals surface area contributed by atoms with Crippen LogP contribution in [0.5, 0.6) is 5.75 Å². The smallest absolute Gasteiger partial charge is 0.279 e. The number of ether oxygens (including phenoxy) is 1. The molecule has 0 unspecified atom stereocenters. The minimum atomic E-state index is -0.853. The number of hydrogen-bond donors (Lipinski definition) is 2. The van der Waals surface area contributed by atoms with Crippen LogP contribution in [0.3, 0.4) is 0 Å². The second-order valence-electron chi connectivity index (χ2n) is 6.07. The van der Waals surface area contributed by atoms with E-state index in [4.69, 9.17) is 4.74 Å². The molecular formula is C21H19FN2O3. The number of nitrogens with one attached hydrogen (secondary N) is 2. The highest BCUT2D eigenvalue weighted by Gasteiger charge is 2.16. The van der Waals surface area contributed by atoms with Crippen LogP contribution >= 0.6 is 0 Å². The summed E-state index contributed by atoms with van der Waals surface area (Å²) in [6.45, 7) is 1.54. The number of hydrogen-bond acceptors (Lipinski definition) is 3. The molecule has 2 N–H and O–H groups in total. The molecule has 3 aromatic rings. The Hall–Kier alpha value is -3.41. The van der Waals surface area contributed by atoms with Gasteiger partial charge in [-0.2, -0.15) is 0 Å². The van der Waals surface area contributed by atoms with Gasteiger partial charge in [0.05, 0.1) is 6.42 Å². The lowest BCUT2D eigenvalue weighted by Gasteiger charge is -2.15. The maximum absolute atomic E-state index is 12.9. The Morgan fingerprint density at radius 1 is 0.963 bits per heavy atom. The molecule has 0 aliphatic heterocycles. The van der Waals surface area contributed by atoms with Gasteiger partial charge < -0.3 is 4.74 Å². The van der Waals surface area contributed by atoms with Crippen molar-refractivity contribution in [2.75, 3.05) is 0 Å². The van der Waals surface area contributed by atoms with Gasteiger partial charge in [-0.1, -0.05) is 42.5 Å². The van der Waals surface area contributed by atoms with E-state index in [1.165, 1.54) is 31.2 Å². The van der Waals surface area contributed by atoms with Crippen molar-refractivity contribution in [1.29, 1.82) is 0 Å². The molecule has 138 valence electrons. The maximum Gasteiger partial charge on any atom is 0.279 e. The third-order valence-corrected chi connectivity index (χ3v) is 4.05. The first-order chi connectivity index (χ1) is 13.0. The van der Waals surface area contributed by atoms with Gasteiger partial charge >= 0.3 is 0 Å². The van der Waals surface area contributed by atoms with E-state index in [0.717, 1.165) is 16.3 Å². The fourth-order valence-corrected chi connectivity index (χ4v) is 2.67. The number of amides is 2. The van der Waals surface area contributed by atoms with Gasteiger partial charge in [0.2, 0.25) is 5.91 Å². The average Bonchev–Trinajstić information content (AvgIpc) is 2.68. The van der Waals surface area contributed by atoms with Crippen molar-refractivity contribution >= 4 is 22.6 Å². The third kappa shape index (κ3) is 4.82. The van der Waals surface area contributed by atoms with Crippen LogP contribution in [-0.2, 0) is 16.0 Å². The van der Waals surface area contributed by atoms with E-state index >= 15 is 0 Å². The van der Waals surface area contributed by atoms with E-state index in [-0.39, 0.29) is 18.1 Å². The Morgan fingerprint density at radius 3 is 2.44 bits per heavy atom. The molecule has 1 atom stereocenters. The van der Waals surface area contributed by atoms with Gasteiger partial charge in [-0.15, -0.1) is 0 Å². The van der Waals surface area contributed by atoms with E-state index in [2.05, 4.69) is 10.9 Å². The highest BCUT2D eigenvalue weighted by molar-refractivity contribution is 5.91. The summed E-state index contributed by atoms with van der Waals surface area (Å²) in [4.78, 5) is 24.2. The zero-order chi connectivity index (χ0) is 19.2. The van der Waals surface area contributed by atoms with Crippen LogP contribution in [0.4, 0.5) is 4.39 Å². The molecule has 0 saturated carbocycles. The molecule has 5 nitrogen and oxygen atoms in total. The zero-order valence-electron chi connectivity index (χ0n) is 14.7. The summed E-state index contributed by atoms with van der Waals surface area (Å²) in [5, 5.41) is 2.04. The lowest BCUT2D eigenvalue weighted by Crippen LogP contribution is -2.47. The van der Waals surface area contributed by atoms with Crippen molar-refractivity contribution in [2.24, 2.45) is 0 Å². The monoisotopic (exact) mass is 366 g/mol. The summed E-state index contributed by atoms with van der Waals surface area (Å²) >= 11 is 0. The van der Waals surface area contributed by atoms with Crippen LogP contribution in [0.15, 0.2) is 66.7 Å². The fourth-order valence-electron chi connectivity index (χ4n) is 2.67. The average molecular weight is 366 g/mol. The summed E-state index contributed by atoms with van der Waals surface area (Å²) in [6.07, 6.45) is -0.720. The predicted octanol–water partition coefficient (Wildman–Crippen LogP) is 3.14. The van der Waals surface area contributed by atoms with E-state index in [1.54, 1.807) is 0 Å². The molecule has 6 heteroatoms. The molecule has 0 aliphatic carbocycles. The zero-order valence-corrected chi connectivity index (χ0v) is 14.7. The lowest BCUT2D eigenvalue weighted by atomic mass is 10.0. The molecule has 3 rings (SSSR count). The van der Waals surface area contributed by atoms with Crippen molar-refractivity contribution < 1.29 is 18.7 Å². The summed E-state index contributed by atoms with van der Waals surface area (Å²) in [6, 6.07) is 18.9. The van der Waals surface area contributed by atoms with Gasteiger partial charge in [-0.05, 0) is 47.5 Å². The molecule has 0 aliphatic rings. The van der Waals surface area contributed by atoms with E-state index in [0.29, 0.717) is 5.75 Å². The van der Waals surface area contributed by atoms with Crippen molar-refractivity contribution in [3.05, 3.63) is 78.1 Å². The fraction of sp³-hybridized carbons (Fsp3) is 0.143. The third-order valence-electron chi connectivity index (χ3n) is 4.05. The number of carbonyl (C=O) groups excluding carboxylic acids is 2. The van der Waals surface area contributed by atoms with Gasteiger partial charge in [-0.3, -0.25) is 20.4 Å². The van der Waals surface area contributed by atoms with Gasteiger partial charge in [-0.25, -0.2) is 4.39 Å². The van der Waals surface area contributed by atoms with E-state index in [1.807, 2.05) is 42.5 Å². The maximum atomic E-state index is 12.9. The quantitative estimate of drug-likeness (QED) is 0.682. The number of benzene rings is 3. The summed E-state index contributed by atoms with van der Waals surface area (Å²) in [5.41, 5.74) is 5.61. The van der Waals surface area contributed by atoms with Crippen molar-refractivity contribution in [2.45, 2.75) is 19.4 Å². The summed E-state index contributed by atoms with van der Waals surface area (Å²) in [7, 11) is 0. The molecule has 0 saturated heterocycles. The number of halogens is 1. The minimum absolute atomic E-state index is 0.134. The Balaban J connectivity index is 1.53. The molecule has 0 heterocycles. The van der Waals surface area contributed by atoms with Crippen LogP contribution in [-0.4, -0.2) is 17.9 Å². The van der Waals surface area contributed by atoms with Crippen molar-refractivity contribution in [3.8, 4) is 5.75 Å². The standard InChI is InChI=1S/C21H19FN2O3/c1-14(27-18-11-9-17(22)10-12-18)21(26)24-23-20(25)13-16-7-4-6-15-5-2-3-8-19(15)16/h2-12,14H,13H2,1H3,(H,23,25)(H,24,26)/t14-/m0/s1. The van der Waals surface area contributed by atoms with Gasteiger partial charge in [0.25, 0.3) is 5.91 Å². The van der Waals surface area contributed by atoms with Crippen LogP contribution in [0, 0.1) is 5.82 Å². The number of fused-ring (bicyclic) bond motifs is 1. The SMILES string of the molecule is C[C@H](Oc1ccc(F)cc1)C(=O)NNC(=O)Cc1cccc2ccccc12. The second-order valence-corrected chi connectivity index (χ2v) is 6.07. The Bertz CT molecular complexity index is 952. The van der Waals surface area contributed by atoms with Crippen LogP contribution in [0.1, 0.15) is 12.5 Å². The Kier molecular flexibility index (Phi) is 5.66. The normalized spacial score (nSPS) is 11.6. The van der Waals surface area contributed by atoms with Gasteiger partial charge in [0.15, 0.2) is 6.10 Å². The van der Waals surface area contributed by atoms with Crippen LogP contribution in [0.2, 0.25) is 0 Å². The van der Waals surface area contributed by atoms with Crippen molar-refractivity contribution in [3.63, 3.8) is 0 Å². The molecule has 0 bridgehead atoms. The van der Waals surface area contributed by atoms with Crippen LogP contribution < -0.4 is 15.6 Å². The molecule has 0 spiro atoms. The first-order valence-electron chi connectivity index (χ1n) is 8.50. The molecule has 0 aromatic heterocycles. The number of rotatable bonds is 5. The van der Waals surface area contributed by atoms with E-state index < -0.39 is 12.0 Å². The summed E-state index contributed by atoms with van der Waals surface area (Å²) in [5.74, 6) is -0.874. The highest BCUT2D eigenvalue weighted by atomic mass is 19.1. The Labute approximate surface area is 156 Å². The molecule has 27 heavy (non-hydrogen) atoms. The first kappa shape index (κ1) is 18.4. The number of carbonyl (C=O) groups is 2. The molecular weight excluding hydrogens is 347 g/mol. The largest absolute Gasteiger partial charge is 0.481 e. The van der Waals surface area contributed by atoms with Crippen LogP contribution in [0.25, 0.3) is 10.8 Å². The van der Waals surface area contributed by atoms with Gasteiger partial charge in [0.1, 0.15) is 11.6 Å². The van der Waals surface area contributed by atoms with E-state index in [9.17, 15) is 14.0 Å². The lowest BCUT2D eigenvalue weighted by molar-refractivity contribution is -0.132. The summed E-state index contributed by atoms with van der Waals surface area (Å²) < 4.78 is 18.3. The molecule has 3 aromatic carbocycles. The molecule has 2 amide bonds.